The van der Waals surface area contributed by atoms with Crippen molar-refractivity contribution >= 4 is 22.9 Å². The zero-order valence-electron chi connectivity index (χ0n) is 18.6. The SMILES string of the molecule is C=C1C(C(=O)Nc2cc(C#N)c(C(C)(C)C)cc2C(C)(C)C)=CNc2ccccc21. The van der Waals surface area contributed by atoms with Gasteiger partial charge in [-0.3, -0.25) is 4.79 Å². The molecule has 0 aromatic heterocycles. The third kappa shape index (κ3) is 4.02. The Kier molecular flexibility index (Phi) is 5.34. The Morgan fingerprint density at radius 2 is 1.67 bits per heavy atom. The zero-order valence-corrected chi connectivity index (χ0v) is 18.6. The molecule has 1 aliphatic rings. The molecule has 0 spiro atoms. The van der Waals surface area contributed by atoms with Gasteiger partial charge in [-0.25, -0.2) is 0 Å². The molecule has 3 rings (SSSR count). The molecule has 4 nitrogen and oxygen atoms in total. The number of carbonyl (C=O) groups excluding carboxylic acids is 1. The number of anilines is 2. The van der Waals surface area contributed by atoms with Gasteiger partial charge in [0, 0.05) is 23.1 Å². The maximum atomic E-state index is 13.2. The normalized spacial score (nSPS) is 13.6. The molecule has 2 aromatic carbocycles. The molecule has 1 heterocycles. The third-order valence-electron chi connectivity index (χ3n) is 5.34. The summed E-state index contributed by atoms with van der Waals surface area (Å²) in [5, 5.41) is 15.9. The van der Waals surface area contributed by atoms with Crippen LogP contribution in [0.3, 0.4) is 0 Å². The molecular weight excluding hydrogens is 370 g/mol. The first-order valence-electron chi connectivity index (χ1n) is 10.1. The summed E-state index contributed by atoms with van der Waals surface area (Å²) in [6.07, 6.45) is 1.69. The van der Waals surface area contributed by atoms with E-state index < -0.39 is 0 Å². The molecular formula is C26H29N3O. The number of hydrogen-bond acceptors (Lipinski definition) is 3. The molecule has 30 heavy (non-hydrogen) atoms. The predicted octanol–water partition coefficient (Wildman–Crippen LogP) is 6.11. The molecule has 0 aliphatic carbocycles. The fourth-order valence-corrected chi connectivity index (χ4v) is 3.68. The number of carbonyl (C=O) groups is 1. The van der Waals surface area contributed by atoms with Crippen molar-refractivity contribution < 1.29 is 4.79 Å². The first-order chi connectivity index (χ1) is 13.9. The second-order valence-corrected chi connectivity index (χ2v) is 9.74. The van der Waals surface area contributed by atoms with E-state index in [9.17, 15) is 10.1 Å². The minimum atomic E-state index is -0.250. The highest BCUT2D eigenvalue weighted by Gasteiger charge is 2.27. The van der Waals surface area contributed by atoms with Crippen molar-refractivity contribution in [2.45, 2.75) is 52.4 Å². The highest BCUT2D eigenvalue weighted by Crippen LogP contribution is 2.38. The van der Waals surface area contributed by atoms with Gasteiger partial charge in [0.1, 0.15) is 0 Å². The van der Waals surface area contributed by atoms with E-state index in [1.807, 2.05) is 24.3 Å². The number of amides is 1. The van der Waals surface area contributed by atoms with E-state index in [4.69, 9.17) is 0 Å². The van der Waals surface area contributed by atoms with Crippen molar-refractivity contribution in [2.75, 3.05) is 10.6 Å². The molecule has 4 heteroatoms. The quantitative estimate of drug-likeness (QED) is 0.640. The van der Waals surface area contributed by atoms with Crippen molar-refractivity contribution in [1.29, 1.82) is 5.26 Å². The van der Waals surface area contributed by atoms with Gasteiger partial charge in [0.15, 0.2) is 0 Å². The minimum Gasteiger partial charge on any atom is -0.360 e. The Hall–Kier alpha value is -3.32. The molecule has 0 bridgehead atoms. The highest BCUT2D eigenvalue weighted by atomic mass is 16.1. The van der Waals surface area contributed by atoms with E-state index in [0.717, 1.165) is 22.4 Å². The van der Waals surface area contributed by atoms with Gasteiger partial charge in [0.2, 0.25) is 0 Å². The van der Waals surface area contributed by atoms with Crippen LogP contribution in [0.15, 0.2) is 54.8 Å². The van der Waals surface area contributed by atoms with Crippen LogP contribution >= 0.6 is 0 Å². The van der Waals surface area contributed by atoms with Crippen LogP contribution in [0.4, 0.5) is 11.4 Å². The Morgan fingerprint density at radius 1 is 1.03 bits per heavy atom. The molecule has 0 unspecified atom stereocenters. The lowest BCUT2D eigenvalue weighted by Crippen LogP contribution is -2.24. The van der Waals surface area contributed by atoms with E-state index in [2.05, 4.69) is 70.9 Å². The summed E-state index contributed by atoms with van der Waals surface area (Å²) in [5.74, 6) is -0.250. The van der Waals surface area contributed by atoms with E-state index in [1.54, 1.807) is 12.3 Å². The topological polar surface area (TPSA) is 64.9 Å². The first kappa shape index (κ1) is 21.4. The summed E-state index contributed by atoms with van der Waals surface area (Å²) in [7, 11) is 0. The molecule has 1 aliphatic heterocycles. The predicted molar refractivity (Wildman–Crippen MR) is 124 cm³/mol. The van der Waals surface area contributed by atoms with Crippen LogP contribution < -0.4 is 10.6 Å². The molecule has 0 radical (unpaired) electrons. The molecule has 0 saturated heterocycles. The number of rotatable bonds is 2. The maximum Gasteiger partial charge on any atom is 0.257 e. The van der Waals surface area contributed by atoms with E-state index in [1.165, 1.54) is 0 Å². The summed E-state index contributed by atoms with van der Waals surface area (Å²) in [5.41, 5.74) is 5.80. The third-order valence-corrected chi connectivity index (χ3v) is 5.34. The van der Waals surface area contributed by atoms with Gasteiger partial charge in [0.25, 0.3) is 5.91 Å². The molecule has 1 amide bonds. The summed E-state index contributed by atoms with van der Waals surface area (Å²) in [4.78, 5) is 13.2. The molecule has 0 atom stereocenters. The molecule has 154 valence electrons. The standard InChI is InChI=1S/C26H29N3O/c1-16-18-10-8-9-11-22(18)28-15-19(16)24(30)29-23-12-17(14-27)20(25(2,3)4)13-21(23)26(5,6)7/h8-13,15,28H,1H2,2-7H3,(H,29,30). The number of nitriles is 1. The lowest BCUT2D eigenvalue weighted by Gasteiger charge is -2.29. The summed E-state index contributed by atoms with van der Waals surface area (Å²) in [6, 6.07) is 13.9. The average molecular weight is 400 g/mol. The summed E-state index contributed by atoms with van der Waals surface area (Å²) in [6.45, 7) is 16.7. The van der Waals surface area contributed by atoms with Gasteiger partial charge in [-0.1, -0.05) is 72.4 Å². The van der Waals surface area contributed by atoms with Crippen LogP contribution in [0, 0.1) is 11.3 Å². The minimum absolute atomic E-state index is 0.179. The van der Waals surface area contributed by atoms with Gasteiger partial charge in [0.05, 0.1) is 17.2 Å². The Morgan fingerprint density at radius 3 is 2.27 bits per heavy atom. The van der Waals surface area contributed by atoms with Gasteiger partial charge in [-0.2, -0.15) is 5.26 Å². The number of nitrogens with zero attached hydrogens (tertiary/aromatic N) is 1. The first-order valence-corrected chi connectivity index (χ1v) is 10.1. The Labute approximate surface area is 179 Å². The lowest BCUT2D eigenvalue weighted by atomic mass is 9.77. The molecule has 0 fully saturated rings. The van der Waals surface area contributed by atoms with Crippen molar-refractivity contribution in [3.05, 3.63) is 77.0 Å². The second kappa shape index (κ2) is 7.50. The van der Waals surface area contributed by atoms with Crippen molar-refractivity contribution in [2.24, 2.45) is 0 Å². The van der Waals surface area contributed by atoms with Crippen LogP contribution in [-0.2, 0) is 15.6 Å². The van der Waals surface area contributed by atoms with Crippen LogP contribution in [0.1, 0.15) is 63.8 Å². The smallest absolute Gasteiger partial charge is 0.257 e. The second-order valence-electron chi connectivity index (χ2n) is 9.74. The molecule has 0 saturated carbocycles. The lowest BCUT2D eigenvalue weighted by molar-refractivity contribution is -0.112. The van der Waals surface area contributed by atoms with E-state index >= 15 is 0 Å². The number of fused-ring (bicyclic) bond motifs is 1. The maximum absolute atomic E-state index is 13.2. The van der Waals surface area contributed by atoms with Crippen LogP contribution in [0.5, 0.6) is 0 Å². The number of benzene rings is 2. The molecule has 2 aromatic rings. The average Bonchev–Trinajstić information content (AvgIpc) is 2.66. The van der Waals surface area contributed by atoms with Crippen molar-refractivity contribution in [1.82, 2.24) is 0 Å². The number of nitrogens with one attached hydrogen (secondary N) is 2. The largest absolute Gasteiger partial charge is 0.360 e. The summed E-state index contributed by atoms with van der Waals surface area (Å²) >= 11 is 0. The highest BCUT2D eigenvalue weighted by molar-refractivity contribution is 6.17. The molecule has 2 N–H and O–H groups in total. The van der Waals surface area contributed by atoms with Crippen LogP contribution in [0.2, 0.25) is 0 Å². The van der Waals surface area contributed by atoms with Gasteiger partial charge >= 0.3 is 0 Å². The Balaban J connectivity index is 2.02. The Bertz CT molecular complexity index is 1100. The zero-order chi connectivity index (χ0) is 22.3. The van der Waals surface area contributed by atoms with Crippen LogP contribution in [0.25, 0.3) is 5.57 Å². The summed E-state index contributed by atoms with van der Waals surface area (Å²) < 4.78 is 0. The van der Waals surface area contributed by atoms with Crippen molar-refractivity contribution in [3.63, 3.8) is 0 Å². The fraction of sp³-hybridized carbons (Fsp3) is 0.308. The van der Waals surface area contributed by atoms with Gasteiger partial charge in [-0.05, 0) is 39.7 Å². The van der Waals surface area contributed by atoms with Gasteiger partial charge < -0.3 is 10.6 Å². The monoisotopic (exact) mass is 399 g/mol. The van der Waals surface area contributed by atoms with Gasteiger partial charge in [-0.15, -0.1) is 0 Å². The number of para-hydroxylation sites is 1. The number of hydrogen-bond donors (Lipinski definition) is 2. The van der Waals surface area contributed by atoms with E-state index in [-0.39, 0.29) is 16.7 Å². The van der Waals surface area contributed by atoms with E-state index in [0.29, 0.717) is 22.4 Å². The fourth-order valence-electron chi connectivity index (χ4n) is 3.68. The van der Waals surface area contributed by atoms with Crippen LogP contribution in [-0.4, -0.2) is 5.91 Å². The van der Waals surface area contributed by atoms with Crippen molar-refractivity contribution in [3.8, 4) is 6.07 Å².